The van der Waals surface area contributed by atoms with Crippen molar-refractivity contribution in [2.24, 2.45) is 10.2 Å². The summed E-state index contributed by atoms with van der Waals surface area (Å²) >= 11 is 0. The van der Waals surface area contributed by atoms with E-state index in [9.17, 15) is 20.0 Å². The fraction of sp³-hybridized carbons (Fsp3) is 0. The first-order chi connectivity index (χ1) is 14.1. The van der Waals surface area contributed by atoms with E-state index in [1.54, 1.807) is 36.4 Å². The maximum Gasteiger partial charge on any atom is 0.287 e. The molecule has 1 aromatic heterocycles. The van der Waals surface area contributed by atoms with Crippen LogP contribution in [0.3, 0.4) is 0 Å². The van der Waals surface area contributed by atoms with E-state index >= 15 is 0 Å². The van der Waals surface area contributed by atoms with Crippen LogP contribution in [0.25, 0.3) is 16.6 Å². The van der Waals surface area contributed by atoms with Gasteiger partial charge in [0.1, 0.15) is 0 Å². The van der Waals surface area contributed by atoms with Gasteiger partial charge in [0.25, 0.3) is 11.2 Å². The minimum absolute atomic E-state index is 0.0797. The van der Waals surface area contributed by atoms with Gasteiger partial charge in [-0.15, -0.1) is 5.11 Å². The summed E-state index contributed by atoms with van der Waals surface area (Å²) in [7, 11) is 0. The lowest BCUT2D eigenvalue weighted by Crippen LogP contribution is -2.18. The molecule has 0 atom stereocenters. The minimum atomic E-state index is -0.530. The highest BCUT2D eigenvalue weighted by molar-refractivity contribution is 5.90. The number of para-hydroxylation sites is 2. The van der Waals surface area contributed by atoms with Gasteiger partial charge in [-0.2, -0.15) is 5.11 Å². The monoisotopic (exact) mass is 386 g/mol. The number of hydrogen-bond acceptors (Lipinski definition) is 6. The molecule has 8 nitrogen and oxygen atoms in total. The van der Waals surface area contributed by atoms with E-state index in [-0.39, 0.29) is 17.1 Å². The van der Waals surface area contributed by atoms with Crippen molar-refractivity contribution in [3.8, 4) is 11.4 Å². The van der Waals surface area contributed by atoms with Crippen molar-refractivity contribution in [2.75, 3.05) is 0 Å². The van der Waals surface area contributed by atoms with Crippen molar-refractivity contribution in [1.29, 1.82) is 0 Å². The van der Waals surface area contributed by atoms with E-state index in [2.05, 4.69) is 10.2 Å². The molecule has 8 heteroatoms. The zero-order valence-corrected chi connectivity index (χ0v) is 15.0. The number of pyridine rings is 1. The Labute approximate surface area is 164 Å². The second kappa shape index (κ2) is 7.35. The summed E-state index contributed by atoms with van der Waals surface area (Å²) in [5, 5.41) is 29.8. The van der Waals surface area contributed by atoms with Crippen LogP contribution in [0, 0.1) is 10.1 Å². The Morgan fingerprint density at radius 2 is 1.52 bits per heavy atom. The van der Waals surface area contributed by atoms with E-state index in [0.29, 0.717) is 22.3 Å². The molecule has 3 aromatic carbocycles. The summed E-state index contributed by atoms with van der Waals surface area (Å²) in [6, 6.07) is 21.4. The molecule has 0 fully saturated rings. The topological polar surface area (TPSA) is 110 Å². The molecule has 0 saturated carbocycles. The Balaban J connectivity index is 1.89. The molecule has 0 bridgehead atoms. The predicted octanol–water partition coefficient (Wildman–Crippen LogP) is 5.02. The second-order valence-electron chi connectivity index (χ2n) is 6.16. The number of hydrogen-bond donors (Lipinski definition) is 1. The number of azo groups is 1. The number of rotatable bonds is 4. The number of benzene rings is 3. The molecule has 29 heavy (non-hydrogen) atoms. The summed E-state index contributed by atoms with van der Waals surface area (Å²) < 4.78 is 1.46. The SMILES string of the molecule is O=c1c(N=Nc2ccc([N+](=O)[O-])cc2)c(O)c2ccccc2n1-c1ccccc1. The smallest absolute Gasteiger partial charge is 0.287 e. The van der Waals surface area contributed by atoms with Crippen LogP contribution in [0.1, 0.15) is 0 Å². The van der Waals surface area contributed by atoms with Crippen LogP contribution < -0.4 is 5.56 Å². The third-order valence-electron chi connectivity index (χ3n) is 4.37. The first kappa shape index (κ1) is 18.1. The average Bonchev–Trinajstić information content (AvgIpc) is 2.75. The first-order valence-corrected chi connectivity index (χ1v) is 8.64. The van der Waals surface area contributed by atoms with Crippen molar-refractivity contribution >= 4 is 28.0 Å². The van der Waals surface area contributed by atoms with Gasteiger partial charge in [-0.05, 0) is 36.4 Å². The molecule has 0 spiro atoms. The second-order valence-corrected chi connectivity index (χ2v) is 6.16. The molecule has 1 N–H and O–H groups in total. The Hall–Kier alpha value is -4.33. The average molecular weight is 386 g/mol. The molecule has 0 aliphatic carbocycles. The van der Waals surface area contributed by atoms with Gasteiger partial charge in [0.2, 0.25) is 0 Å². The van der Waals surface area contributed by atoms with Gasteiger partial charge in [-0.1, -0.05) is 30.3 Å². The number of fused-ring (bicyclic) bond motifs is 1. The molecule has 0 aliphatic heterocycles. The summed E-state index contributed by atoms with van der Waals surface area (Å²) in [6.07, 6.45) is 0. The molecule has 0 amide bonds. The van der Waals surface area contributed by atoms with Gasteiger partial charge in [0.05, 0.1) is 16.1 Å². The van der Waals surface area contributed by atoms with Gasteiger partial charge in [0.15, 0.2) is 11.4 Å². The van der Waals surface area contributed by atoms with Crippen molar-refractivity contribution in [1.82, 2.24) is 4.57 Å². The number of nitro benzene ring substituents is 1. The molecule has 4 aromatic rings. The maximum absolute atomic E-state index is 13.1. The fourth-order valence-corrected chi connectivity index (χ4v) is 2.99. The lowest BCUT2D eigenvalue weighted by Gasteiger charge is -2.12. The van der Waals surface area contributed by atoms with Gasteiger partial charge >= 0.3 is 0 Å². The van der Waals surface area contributed by atoms with E-state index in [1.165, 1.54) is 28.8 Å². The standard InChI is InChI=1S/C21H14N4O4/c26-20-17-8-4-5-9-18(17)24(15-6-2-1-3-7-15)21(27)19(20)23-22-14-10-12-16(13-11-14)25(28)29/h1-13,26H. The molecule has 0 radical (unpaired) electrons. The highest BCUT2D eigenvalue weighted by atomic mass is 16.6. The van der Waals surface area contributed by atoms with Crippen LogP contribution >= 0.6 is 0 Å². The van der Waals surface area contributed by atoms with Crippen molar-refractivity contribution in [2.45, 2.75) is 0 Å². The molecule has 0 aliphatic rings. The molecule has 4 rings (SSSR count). The number of aromatic nitrogens is 1. The van der Waals surface area contributed by atoms with Gasteiger partial charge in [-0.3, -0.25) is 19.5 Å². The number of non-ortho nitro benzene ring substituents is 1. The molecule has 1 heterocycles. The maximum atomic E-state index is 13.1. The zero-order valence-electron chi connectivity index (χ0n) is 15.0. The Bertz CT molecular complexity index is 1300. The van der Waals surface area contributed by atoms with Crippen LogP contribution in [-0.2, 0) is 0 Å². The fourth-order valence-electron chi connectivity index (χ4n) is 2.99. The van der Waals surface area contributed by atoms with E-state index in [4.69, 9.17) is 0 Å². The third-order valence-corrected chi connectivity index (χ3v) is 4.37. The highest BCUT2D eigenvalue weighted by Crippen LogP contribution is 2.33. The predicted molar refractivity (Wildman–Crippen MR) is 108 cm³/mol. The summed E-state index contributed by atoms with van der Waals surface area (Å²) in [4.78, 5) is 23.4. The van der Waals surface area contributed by atoms with E-state index in [0.717, 1.165) is 0 Å². The zero-order chi connectivity index (χ0) is 20.4. The van der Waals surface area contributed by atoms with E-state index < -0.39 is 10.5 Å². The van der Waals surface area contributed by atoms with Crippen molar-refractivity contribution < 1.29 is 10.0 Å². The van der Waals surface area contributed by atoms with Crippen LogP contribution in [0.4, 0.5) is 17.1 Å². The summed E-state index contributed by atoms with van der Waals surface area (Å²) in [5.74, 6) is -0.275. The van der Waals surface area contributed by atoms with Crippen molar-refractivity contribution in [3.63, 3.8) is 0 Å². The van der Waals surface area contributed by atoms with Gasteiger partial charge < -0.3 is 5.11 Å². The van der Waals surface area contributed by atoms with Crippen LogP contribution in [0.15, 0.2) is 93.9 Å². The van der Waals surface area contributed by atoms with Crippen LogP contribution in [0.2, 0.25) is 0 Å². The number of nitro groups is 1. The Morgan fingerprint density at radius 3 is 2.21 bits per heavy atom. The molecule has 0 saturated heterocycles. The van der Waals surface area contributed by atoms with E-state index in [1.807, 2.05) is 18.2 Å². The normalized spacial score (nSPS) is 11.2. The summed E-state index contributed by atoms with van der Waals surface area (Å²) in [5.41, 5.74) is 0.651. The molecular formula is C21H14N4O4. The summed E-state index contributed by atoms with van der Waals surface area (Å²) in [6.45, 7) is 0. The third kappa shape index (κ3) is 3.34. The Kier molecular flexibility index (Phi) is 4.58. The lowest BCUT2D eigenvalue weighted by molar-refractivity contribution is -0.384. The van der Waals surface area contributed by atoms with Gasteiger partial charge in [-0.25, -0.2) is 0 Å². The number of aromatic hydroxyl groups is 1. The highest BCUT2D eigenvalue weighted by Gasteiger charge is 2.17. The Morgan fingerprint density at radius 1 is 0.862 bits per heavy atom. The lowest BCUT2D eigenvalue weighted by atomic mass is 10.1. The molecular weight excluding hydrogens is 372 g/mol. The van der Waals surface area contributed by atoms with Crippen molar-refractivity contribution in [3.05, 3.63) is 99.3 Å². The minimum Gasteiger partial charge on any atom is -0.505 e. The largest absolute Gasteiger partial charge is 0.505 e. The van der Waals surface area contributed by atoms with Gasteiger partial charge in [0, 0.05) is 23.2 Å². The number of nitrogens with zero attached hydrogens (tertiary/aromatic N) is 4. The quantitative estimate of drug-likeness (QED) is 0.301. The molecule has 0 unspecified atom stereocenters. The van der Waals surface area contributed by atoms with Crippen LogP contribution in [0.5, 0.6) is 5.75 Å². The molecule has 142 valence electrons. The first-order valence-electron chi connectivity index (χ1n) is 8.64. The van der Waals surface area contributed by atoms with Crippen LogP contribution in [-0.4, -0.2) is 14.6 Å².